The van der Waals surface area contributed by atoms with E-state index in [1.807, 2.05) is 6.92 Å². The average molecular weight is 182 g/mol. The molecule has 13 heavy (non-hydrogen) atoms. The summed E-state index contributed by atoms with van der Waals surface area (Å²) in [5.41, 5.74) is 5.63. The Labute approximate surface area is 79.3 Å². The lowest BCUT2D eigenvalue weighted by Gasteiger charge is -2.01. The number of hydrogen-bond donors (Lipinski definition) is 1. The van der Waals surface area contributed by atoms with E-state index in [2.05, 4.69) is 18.8 Å². The Bertz CT molecular complexity index is 253. The van der Waals surface area contributed by atoms with E-state index < -0.39 is 0 Å². The molecule has 3 nitrogen and oxygen atoms in total. The van der Waals surface area contributed by atoms with Crippen molar-refractivity contribution in [1.29, 1.82) is 0 Å². The highest BCUT2D eigenvalue weighted by molar-refractivity contribution is 4.96. The first-order valence-electron chi connectivity index (χ1n) is 4.79. The van der Waals surface area contributed by atoms with Crippen molar-refractivity contribution in [1.82, 2.24) is 4.98 Å². The fourth-order valence-corrected chi connectivity index (χ4v) is 1.08. The first-order chi connectivity index (χ1) is 6.09. The van der Waals surface area contributed by atoms with E-state index in [9.17, 15) is 0 Å². The Morgan fingerprint density at radius 1 is 1.46 bits per heavy atom. The van der Waals surface area contributed by atoms with Crippen LogP contribution < -0.4 is 5.73 Å². The van der Waals surface area contributed by atoms with Crippen molar-refractivity contribution in [2.75, 3.05) is 0 Å². The van der Waals surface area contributed by atoms with Crippen molar-refractivity contribution < 1.29 is 4.42 Å². The van der Waals surface area contributed by atoms with Gasteiger partial charge in [0, 0.05) is 6.42 Å². The standard InChI is InChI=1S/C10H18N2O/c1-7(2)4-5-9-6-12-10(13-9)8(3)11/h6-8H,4-5,11H2,1-3H3. The molecule has 0 fully saturated rings. The molecule has 0 aliphatic rings. The molecule has 0 aromatic carbocycles. The molecule has 74 valence electrons. The van der Waals surface area contributed by atoms with Crippen molar-refractivity contribution in [3.05, 3.63) is 17.8 Å². The second-order valence-electron chi connectivity index (χ2n) is 3.89. The average Bonchev–Trinajstić information content (AvgIpc) is 2.48. The predicted molar refractivity (Wildman–Crippen MR) is 52.3 cm³/mol. The normalized spacial score (nSPS) is 13.6. The lowest BCUT2D eigenvalue weighted by molar-refractivity contribution is 0.417. The van der Waals surface area contributed by atoms with E-state index in [1.54, 1.807) is 6.20 Å². The maximum atomic E-state index is 5.63. The number of nitrogens with two attached hydrogens (primary N) is 1. The summed E-state index contributed by atoms with van der Waals surface area (Å²) in [5.74, 6) is 2.28. The van der Waals surface area contributed by atoms with Gasteiger partial charge in [-0.3, -0.25) is 0 Å². The predicted octanol–water partition coefficient (Wildman–Crippen LogP) is 2.28. The highest BCUT2D eigenvalue weighted by Crippen LogP contribution is 2.13. The van der Waals surface area contributed by atoms with E-state index in [-0.39, 0.29) is 6.04 Å². The largest absolute Gasteiger partial charge is 0.444 e. The van der Waals surface area contributed by atoms with Crippen molar-refractivity contribution in [3.63, 3.8) is 0 Å². The Morgan fingerprint density at radius 2 is 2.15 bits per heavy atom. The minimum Gasteiger partial charge on any atom is -0.444 e. The molecule has 0 aliphatic carbocycles. The quantitative estimate of drug-likeness (QED) is 0.777. The van der Waals surface area contributed by atoms with Crippen molar-refractivity contribution in [2.45, 2.75) is 39.7 Å². The second-order valence-corrected chi connectivity index (χ2v) is 3.89. The number of aromatic nitrogens is 1. The first-order valence-corrected chi connectivity index (χ1v) is 4.79. The number of rotatable bonds is 4. The van der Waals surface area contributed by atoms with Crippen LogP contribution >= 0.6 is 0 Å². The van der Waals surface area contributed by atoms with Gasteiger partial charge in [-0.1, -0.05) is 13.8 Å². The van der Waals surface area contributed by atoms with Crippen LogP contribution in [0.5, 0.6) is 0 Å². The van der Waals surface area contributed by atoms with Gasteiger partial charge in [-0.2, -0.15) is 0 Å². The number of aryl methyl sites for hydroxylation is 1. The molecule has 1 aromatic rings. The highest BCUT2D eigenvalue weighted by Gasteiger charge is 2.07. The Hall–Kier alpha value is -0.830. The third-order valence-corrected chi connectivity index (χ3v) is 1.93. The minimum absolute atomic E-state index is 0.104. The van der Waals surface area contributed by atoms with Gasteiger partial charge in [-0.15, -0.1) is 0 Å². The number of oxazole rings is 1. The monoisotopic (exact) mass is 182 g/mol. The summed E-state index contributed by atoms with van der Waals surface area (Å²) in [5, 5.41) is 0. The fourth-order valence-electron chi connectivity index (χ4n) is 1.08. The SMILES string of the molecule is CC(C)CCc1cnc(C(C)N)o1. The highest BCUT2D eigenvalue weighted by atomic mass is 16.4. The van der Waals surface area contributed by atoms with Crippen molar-refractivity contribution in [3.8, 4) is 0 Å². The van der Waals surface area contributed by atoms with E-state index in [0.29, 0.717) is 11.8 Å². The molecular weight excluding hydrogens is 164 g/mol. The fraction of sp³-hybridized carbons (Fsp3) is 0.700. The molecule has 0 bridgehead atoms. The van der Waals surface area contributed by atoms with E-state index in [4.69, 9.17) is 10.2 Å². The first kappa shape index (κ1) is 10.3. The molecule has 3 heteroatoms. The van der Waals surface area contributed by atoms with Crippen molar-refractivity contribution >= 4 is 0 Å². The Balaban J connectivity index is 2.49. The molecule has 0 radical (unpaired) electrons. The molecular formula is C10H18N2O. The summed E-state index contributed by atoms with van der Waals surface area (Å²) in [6.45, 7) is 6.27. The van der Waals surface area contributed by atoms with Gasteiger partial charge in [0.25, 0.3) is 0 Å². The molecule has 1 unspecified atom stereocenters. The summed E-state index contributed by atoms with van der Waals surface area (Å²) in [7, 11) is 0. The summed E-state index contributed by atoms with van der Waals surface area (Å²) in [4.78, 5) is 4.10. The molecule has 0 saturated carbocycles. The van der Waals surface area contributed by atoms with E-state index >= 15 is 0 Å². The number of hydrogen-bond acceptors (Lipinski definition) is 3. The summed E-state index contributed by atoms with van der Waals surface area (Å²) < 4.78 is 5.46. The molecule has 0 aliphatic heterocycles. The minimum atomic E-state index is -0.104. The zero-order valence-electron chi connectivity index (χ0n) is 8.58. The number of nitrogens with zero attached hydrogens (tertiary/aromatic N) is 1. The van der Waals surface area contributed by atoms with Crippen LogP contribution in [-0.2, 0) is 6.42 Å². The van der Waals surface area contributed by atoms with Crippen LogP contribution in [0.1, 0.15) is 44.9 Å². The molecule has 0 spiro atoms. The van der Waals surface area contributed by atoms with Gasteiger partial charge in [-0.25, -0.2) is 4.98 Å². The van der Waals surface area contributed by atoms with Gasteiger partial charge in [-0.05, 0) is 19.3 Å². The molecule has 1 rings (SSSR count). The lowest BCUT2D eigenvalue weighted by atomic mass is 10.1. The smallest absolute Gasteiger partial charge is 0.210 e. The summed E-state index contributed by atoms with van der Waals surface area (Å²) in [6.07, 6.45) is 3.87. The molecule has 1 aromatic heterocycles. The van der Waals surface area contributed by atoms with Crippen LogP contribution in [0, 0.1) is 5.92 Å². The van der Waals surface area contributed by atoms with Crippen LogP contribution in [-0.4, -0.2) is 4.98 Å². The Kier molecular flexibility index (Phi) is 3.48. The van der Waals surface area contributed by atoms with Gasteiger partial charge < -0.3 is 10.2 Å². The zero-order chi connectivity index (χ0) is 9.84. The lowest BCUT2D eigenvalue weighted by Crippen LogP contribution is -2.04. The van der Waals surface area contributed by atoms with Crippen LogP contribution in [0.4, 0.5) is 0 Å². The van der Waals surface area contributed by atoms with Crippen LogP contribution in [0.3, 0.4) is 0 Å². The third-order valence-electron chi connectivity index (χ3n) is 1.93. The van der Waals surface area contributed by atoms with Crippen LogP contribution in [0.25, 0.3) is 0 Å². The molecule has 1 atom stereocenters. The molecule has 2 N–H and O–H groups in total. The Morgan fingerprint density at radius 3 is 2.62 bits per heavy atom. The van der Waals surface area contributed by atoms with Crippen LogP contribution in [0.15, 0.2) is 10.6 Å². The van der Waals surface area contributed by atoms with Gasteiger partial charge >= 0.3 is 0 Å². The van der Waals surface area contributed by atoms with E-state index in [0.717, 1.165) is 18.6 Å². The molecule has 1 heterocycles. The molecule has 0 saturated heterocycles. The maximum absolute atomic E-state index is 5.63. The van der Waals surface area contributed by atoms with Crippen molar-refractivity contribution in [2.24, 2.45) is 11.7 Å². The van der Waals surface area contributed by atoms with Gasteiger partial charge in [0.05, 0.1) is 12.2 Å². The third kappa shape index (κ3) is 3.19. The maximum Gasteiger partial charge on any atom is 0.210 e. The van der Waals surface area contributed by atoms with Gasteiger partial charge in [0.2, 0.25) is 5.89 Å². The summed E-state index contributed by atoms with van der Waals surface area (Å²) >= 11 is 0. The summed E-state index contributed by atoms with van der Waals surface area (Å²) in [6, 6.07) is -0.104. The molecule has 0 amide bonds. The second kappa shape index (κ2) is 4.42. The van der Waals surface area contributed by atoms with E-state index in [1.165, 1.54) is 0 Å². The topological polar surface area (TPSA) is 52.0 Å². The zero-order valence-corrected chi connectivity index (χ0v) is 8.58. The van der Waals surface area contributed by atoms with Gasteiger partial charge in [0.15, 0.2) is 0 Å². The van der Waals surface area contributed by atoms with Crippen LogP contribution in [0.2, 0.25) is 0 Å². The van der Waals surface area contributed by atoms with Gasteiger partial charge in [0.1, 0.15) is 5.76 Å².